The Balaban J connectivity index is 2.15. The second-order valence-electron chi connectivity index (χ2n) is 3.06. The SMILES string of the molecule is CC1OC1(Oc1ccccc1)[N+](=O)[O-]. The summed E-state index contributed by atoms with van der Waals surface area (Å²) < 4.78 is 10.0. The van der Waals surface area contributed by atoms with E-state index >= 15 is 0 Å². The van der Waals surface area contributed by atoms with E-state index in [2.05, 4.69) is 0 Å². The van der Waals surface area contributed by atoms with E-state index in [1.807, 2.05) is 6.07 Å². The van der Waals surface area contributed by atoms with E-state index < -0.39 is 16.9 Å². The molecule has 0 radical (unpaired) electrons. The second-order valence-corrected chi connectivity index (χ2v) is 3.06. The van der Waals surface area contributed by atoms with Gasteiger partial charge in [-0.1, -0.05) is 18.2 Å². The predicted octanol–water partition coefficient (Wildman–Crippen LogP) is 1.41. The topological polar surface area (TPSA) is 64.9 Å². The molecule has 0 aliphatic carbocycles. The molecule has 1 aromatic carbocycles. The molecule has 0 amide bonds. The normalized spacial score (nSPS) is 29.6. The number of para-hydroxylation sites is 1. The first-order valence-corrected chi connectivity index (χ1v) is 4.21. The van der Waals surface area contributed by atoms with Crippen molar-refractivity contribution in [3.05, 3.63) is 40.4 Å². The number of ether oxygens (including phenoxy) is 2. The summed E-state index contributed by atoms with van der Waals surface area (Å²) in [7, 11) is 0. The molecule has 2 rings (SSSR count). The summed E-state index contributed by atoms with van der Waals surface area (Å²) in [5, 5.41) is 10.7. The zero-order valence-corrected chi connectivity index (χ0v) is 7.54. The van der Waals surface area contributed by atoms with Crippen LogP contribution in [-0.4, -0.2) is 16.9 Å². The van der Waals surface area contributed by atoms with Crippen LogP contribution >= 0.6 is 0 Å². The molecule has 0 aromatic heterocycles. The van der Waals surface area contributed by atoms with E-state index in [9.17, 15) is 10.1 Å². The number of hydrogen-bond acceptors (Lipinski definition) is 4. The van der Waals surface area contributed by atoms with Gasteiger partial charge in [0.15, 0.2) is 0 Å². The van der Waals surface area contributed by atoms with Crippen LogP contribution in [0, 0.1) is 10.1 Å². The molecule has 14 heavy (non-hydrogen) atoms. The highest BCUT2D eigenvalue weighted by atomic mass is 16.9. The van der Waals surface area contributed by atoms with Gasteiger partial charge in [-0.3, -0.25) is 14.9 Å². The van der Waals surface area contributed by atoms with Crippen LogP contribution in [0.4, 0.5) is 0 Å². The molecule has 2 atom stereocenters. The monoisotopic (exact) mass is 195 g/mol. The van der Waals surface area contributed by atoms with E-state index in [-0.39, 0.29) is 0 Å². The molecule has 1 aromatic rings. The van der Waals surface area contributed by atoms with Crippen LogP contribution in [0.25, 0.3) is 0 Å². The fraction of sp³-hybridized carbons (Fsp3) is 0.333. The highest BCUT2D eigenvalue weighted by Gasteiger charge is 2.71. The standard InChI is InChI=1S/C9H9NO4/c1-7-9(13-7,10(11)12)14-8-5-3-2-4-6-8/h2-7H,1H3. The predicted molar refractivity (Wildman–Crippen MR) is 47.3 cm³/mol. The van der Waals surface area contributed by atoms with E-state index in [4.69, 9.17) is 9.47 Å². The fourth-order valence-electron chi connectivity index (χ4n) is 1.21. The van der Waals surface area contributed by atoms with Gasteiger partial charge < -0.3 is 4.74 Å². The molecule has 5 heteroatoms. The summed E-state index contributed by atoms with van der Waals surface area (Å²) in [6.45, 7) is 1.60. The minimum absolute atomic E-state index is 0.438. The molecular weight excluding hydrogens is 186 g/mol. The lowest BCUT2D eigenvalue weighted by molar-refractivity contribution is -0.608. The Labute approximate surface area is 80.4 Å². The van der Waals surface area contributed by atoms with Crippen molar-refractivity contribution in [2.24, 2.45) is 0 Å². The zero-order valence-electron chi connectivity index (χ0n) is 7.54. The Hall–Kier alpha value is -1.62. The molecule has 0 bridgehead atoms. The smallest absolute Gasteiger partial charge is 0.403 e. The summed E-state index contributed by atoms with van der Waals surface area (Å²) in [4.78, 5) is 10.1. The lowest BCUT2D eigenvalue weighted by Crippen LogP contribution is -2.32. The molecule has 1 saturated heterocycles. The largest absolute Gasteiger partial charge is 0.511 e. The van der Waals surface area contributed by atoms with E-state index in [0.717, 1.165) is 0 Å². The van der Waals surface area contributed by atoms with Crippen LogP contribution < -0.4 is 4.74 Å². The molecule has 0 N–H and O–H groups in total. The third kappa shape index (κ3) is 1.31. The summed E-state index contributed by atoms with van der Waals surface area (Å²) in [6, 6.07) is 8.61. The van der Waals surface area contributed by atoms with Crippen molar-refractivity contribution < 1.29 is 14.4 Å². The van der Waals surface area contributed by atoms with Crippen LogP contribution in [0.1, 0.15) is 6.92 Å². The minimum Gasteiger partial charge on any atom is -0.403 e. The molecule has 2 unspecified atom stereocenters. The molecular formula is C9H9NO4. The van der Waals surface area contributed by atoms with Crippen molar-refractivity contribution in [1.29, 1.82) is 0 Å². The van der Waals surface area contributed by atoms with Crippen molar-refractivity contribution in [2.75, 3.05) is 0 Å². The van der Waals surface area contributed by atoms with Gasteiger partial charge >= 0.3 is 5.91 Å². The van der Waals surface area contributed by atoms with Crippen LogP contribution in [0.3, 0.4) is 0 Å². The van der Waals surface area contributed by atoms with Crippen LogP contribution in [0.5, 0.6) is 5.75 Å². The van der Waals surface area contributed by atoms with Gasteiger partial charge in [0.25, 0.3) is 0 Å². The Kier molecular flexibility index (Phi) is 1.89. The Morgan fingerprint density at radius 2 is 2.07 bits per heavy atom. The van der Waals surface area contributed by atoms with Crippen LogP contribution in [0.2, 0.25) is 0 Å². The van der Waals surface area contributed by atoms with Crippen molar-refractivity contribution in [1.82, 2.24) is 0 Å². The average Bonchev–Trinajstić information content (AvgIpc) is 2.80. The molecule has 1 aliphatic rings. The molecule has 1 fully saturated rings. The van der Waals surface area contributed by atoms with E-state index in [1.54, 1.807) is 31.2 Å². The first-order chi connectivity index (χ1) is 6.65. The molecule has 5 nitrogen and oxygen atoms in total. The van der Waals surface area contributed by atoms with E-state index in [0.29, 0.717) is 5.75 Å². The average molecular weight is 195 g/mol. The van der Waals surface area contributed by atoms with Gasteiger partial charge in [0.2, 0.25) is 6.10 Å². The van der Waals surface area contributed by atoms with Gasteiger partial charge in [-0.2, -0.15) is 0 Å². The summed E-state index contributed by atoms with van der Waals surface area (Å²) >= 11 is 0. The first-order valence-electron chi connectivity index (χ1n) is 4.21. The van der Waals surface area contributed by atoms with Crippen molar-refractivity contribution >= 4 is 0 Å². The highest BCUT2D eigenvalue weighted by Crippen LogP contribution is 2.38. The fourth-order valence-corrected chi connectivity index (χ4v) is 1.21. The Morgan fingerprint density at radius 1 is 1.50 bits per heavy atom. The second kappa shape index (κ2) is 2.95. The number of hydrogen-bond donors (Lipinski definition) is 0. The first kappa shape index (κ1) is 8.96. The number of epoxide rings is 1. The van der Waals surface area contributed by atoms with E-state index in [1.165, 1.54) is 0 Å². The highest BCUT2D eigenvalue weighted by molar-refractivity contribution is 5.22. The van der Waals surface area contributed by atoms with Crippen LogP contribution in [0.15, 0.2) is 30.3 Å². The molecule has 1 aliphatic heterocycles. The van der Waals surface area contributed by atoms with Crippen molar-refractivity contribution in [3.8, 4) is 5.75 Å². The van der Waals surface area contributed by atoms with Gasteiger partial charge in [0.1, 0.15) is 10.7 Å². The number of rotatable bonds is 3. The maximum Gasteiger partial charge on any atom is 0.511 e. The maximum absolute atomic E-state index is 10.7. The summed E-state index contributed by atoms with van der Waals surface area (Å²) in [5.74, 6) is -1.23. The molecule has 74 valence electrons. The third-order valence-electron chi connectivity index (χ3n) is 2.06. The number of benzene rings is 1. The lowest BCUT2D eigenvalue weighted by Gasteiger charge is -2.06. The quantitative estimate of drug-likeness (QED) is 0.316. The van der Waals surface area contributed by atoms with Gasteiger partial charge in [-0.05, 0) is 19.1 Å². The van der Waals surface area contributed by atoms with Crippen molar-refractivity contribution in [3.63, 3.8) is 0 Å². The van der Waals surface area contributed by atoms with Gasteiger partial charge in [-0.15, -0.1) is 0 Å². The van der Waals surface area contributed by atoms with Crippen molar-refractivity contribution in [2.45, 2.75) is 18.9 Å². The molecule has 0 spiro atoms. The lowest BCUT2D eigenvalue weighted by atomic mass is 10.3. The summed E-state index contributed by atoms with van der Waals surface area (Å²) in [5.41, 5.74) is 0. The van der Waals surface area contributed by atoms with Gasteiger partial charge in [0.05, 0.1) is 0 Å². The van der Waals surface area contributed by atoms with Crippen LogP contribution in [-0.2, 0) is 4.74 Å². The Morgan fingerprint density at radius 3 is 2.50 bits per heavy atom. The minimum atomic E-state index is -1.67. The molecule has 1 heterocycles. The zero-order chi connectivity index (χ0) is 10.2. The number of nitro groups is 1. The van der Waals surface area contributed by atoms with Gasteiger partial charge in [-0.25, -0.2) is 0 Å². The maximum atomic E-state index is 10.7. The summed E-state index contributed by atoms with van der Waals surface area (Å²) in [6.07, 6.45) is -0.502. The third-order valence-corrected chi connectivity index (χ3v) is 2.06. The molecule has 0 saturated carbocycles. The number of nitrogens with zero attached hydrogens (tertiary/aromatic N) is 1. The van der Waals surface area contributed by atoms with Gasteiger partial charge in [0, 0.05) is 0 Å². The Bertz CT molecular complexity index is 353.